The first kappa shape index (κ1) is 46.8. The zero-order chi connectivity index (χ0) is 47.5. The Kier molecular flexibility index (Phi) is 14.0. The monoisotopic (exact) mass is 908 g/mol. The van der Waals surface area contributed by atoms with Crippen molar-refractivity contribution in [1.82, 2.24) is 40.4 Å². The van der Waals surface area contributed by atoms with E-state index in [-0.39, 0.29) is 35.7 Å². The zero-order valence-electron chi connectivity index (χ0n) is 39.8. The Balaban J connectivity index is 1.02. The third-order valence-corrected chi connectivity index (χ3v) is 13.7. The third kappa shape index (κ3) is 9.89. The Morgan fingerprint density at radius 1 is 0.716 bits per heavy atom. The fraction of sp³-hybridized carbons (Fsp3) is 0.434. The van der Waals surface area contributed by atoms with Crippen LogP contribution >= 0.6 is 0 Å². The zero-order valence-corrected chi connectivity index (χ0v) is 39.8. The van der Waals surface area contributed by atoms with Gasteiger partial charge in [0.15, 0.2) is 0 Å². The van der Waals surface area contributed by atoms with Crippen molar-refractivity contribution in [3.8, 4) is 11.1 Å². The summed E-state index contributed by atoms with van der Waals surface area (Å²) in [6.45, 7) is 15.5. The van der Waals surface area contributed by atoms with E-state index < -0.39 is 24.3 Å². The van der Waals surface area contributed by atoms with Crippen LogP contribution in [-0.4, -0.2) is 93.1 Å². The van der Waals surface area contributed by atoms with Crippen molar-refractivity contribution in [2.45, 2.75) is 110 Å². The van der Waals surface area contributed by atoms with Crippen LogP contribution in [0, 0.1) is 11.8 Å². The van der Waals surface area contributed by atoms with Gasteiger partial charge in [-0.1, -0.05) is 82.3 Å². The van der Waals surface area contributed by atoms with Gasteiger partial charge in [0.05, 0.1) is 48.4 Å². The molecule has 4 atom stereocenters. The van der Waals surface area contributed by atoms with Crippen LogP contribution in [0.25, 0.3) is 38.8 Å². The van der Waals surface area contributed by atoms with Gasteiger partial charge in [0.2, 0.25) is 11.8 Å². The molecule has 352 valence electrons. The van der Waals surface area contributed by atoms with Gasteiger partial charge in [-0.25, -0.2) is 19.6 Å². The maximum Gasteiger partial charge on any atom is 0.407 e. The number of allylic oxidation sites excluding steroid dienone is 5. The molecule has 2 fully saturated rings. The standard InChI is InChI=1S/C53H64N8O6/c1-9-34-18-15-33-16-19-35(39(27-33)37-21-23-41-43(29-37)57-49(55-41)45-13-11-25-61(45)51(63)47(31(4)5)59-53(65)67-8)17-14-32(6)26-38(34)36-20-22-40-42(28-36)56-48(54-40)44-12-10-24-60(44)50(62)46(30(2)3)58-52(64)66-7/h9,16,19-23,26-31,44-47H,6,10-15,17-18,24-25H2,1-5,7-8H3,(H,54,56)(H,55,57)(H,58,64)(H,59,65)/b34-9-,38-26+/t44?,45?,46-,47-/m0/s1. The number of nitrogens with zero attached hydrogens (tertiary/aromatic N) is 4. The summed E-state index contributed by atoms with van der Waals surface area (Å²) in [5.41, 5.74) is 12.7. The lowest BCUT2D eigenvalue weighted by atomic mass is 9.87. The number of alkyl carbamates (subject to hydrolysis) is 2. The third-order valence-electron chi connectivity index (χ3n) is 13.7. The molecule has 4 heterocycles. The Labute approximate surface area is 392 Å². The number of carbonyl (C=O) groups excluding carboxylic acids is 4. The molecule has 2 bridgehead atoms. The molecule has 2 unspecified atom stereocenters. The van der Waals surface area contributed by atoms with Gasteiger partial charge in [-0.3, -0.25) is 9.59 Å². The van der Waals surface area contributed by atoms with Crippen molar-refractivity contribution >= 4 is 51.6 Å². The summed E-state index contributed by atoms with van der Waals surface area (Å²) in [7, 11) is 2.60. The Hall–Kier alpha value is -6.70. The fourth-order valence-electron chi connectivity index (χ4n) is 10.0. The minimum Gasteiger partial charge on any atom is -0.453 e. The van der Waals surface area contributed by atoms with Crippen LogP contribution in [-0.2, 0) is 31.9 Å². The van der Waals surface area contributed by atoms with E-state index in [2.05, 4.69) is 101 Å². The maximum absolute atomic E-state index is 13.8. The Morgan fingerprint density at radius 3 is 1.78 bits per heavy atom. The van der Waals surface area contributed by atoms with Crippen molar-refractivity contribution in [1.29, 1.82) is 0 Å². The molecule has 4 N–H and O–H groups in total. The van der Waals surface area contributed by atoms with Crippen LogP contribution in [0.4, 0.5) is 9.59 Å². The second kappa shape index (κ2) is 20.0. The number of hydrogen-bond donors (Lipinski definition) is 4. The number of aromatic nitrogens is 4. The van der Waals surface area contributed by atoms with E-state index in [1.165, 1.54) is 36.5 Å². The first-order chi connectivity index (χ1) is 32.3. The van der Waals surface area contributed by atoms with Gasteiger partial charge in [-0.2, -0.15) is 0 Å². The Morgan fingerprint density at radius 2 is 1.25 bits per heavy atom. The number of carbonyl (C=O) groups is 4. The molecule has 3 aromatic carbocycles. The van der Waals surface area contributed by atoms with Gasteiger partial charge >= 0.3 is 12.2 Å². The number of fused-ring (bicyclic) bond motifs is 10. The first-order valence-corrected chi connectivity index (χ1v) is 23.7. The molecule has 4 amide bonds. The summed E-state index contributed by atoms with van der Waals surface area (Å²) in [6, 6.07) is 17.7. The average Bonchev–Trinajstić information content (AvgIpc) is 4.16. The van der Waals surface area contributed by atoms with Crippen LogP contribution in [0.2, 0.25) is 0 Å². The van der Waals surface area contributed by atoms with Crippen molar-refractivity contribution < 1.29 is 28.7 Å². The molecule has 2 saturated heterocycles. The van der Waals surface area contributed by atoms with Crippen molar-refractivity contribution in [3.05, 3.63) is 113 Å². The van der Waals surface area contributed by atoms with E-state index >= 15 is 0 Å². The molecule has 5 aromatic rings. The molecule has 14 nitrogen and oxygen atoms in total. The number of benzene rings is 3. The van der Waals surface area contributed by atoms with Crippen molar-refractivity contribution in [3.63, 3.8) is 0 Å². The van der Waals surface area contributed by atoms with E-state index in [9.17, 15) is 19.2 Å². The summed E-state index contributed by atoms with van der Waals surface area (Å²) in [4.78, 5) is 72.7. The predicted molar refractivity (Wildman–Crippen MR) is 261 cm³/mol. The molecule has 14 heteroatoms. The number of ether oxygens (including phenoxy) is 2. The summed E-state index contributed by atoms with van der Waals surface area (Å²) in [5.74, 6) is 0.991. The summed E-state index contributed by atoms with van der Waals surface area (Å²) in [5, 5.41) is 5.47. The largest absolute Gasteiger partial charge is 0.453 e. The number of likely N-dealkylation sites (tertiary alicyclic amines) is 2. The molecular formula is C53H64N8O6. The van der Waals surface area contributed by atoms with Gasteiger partial charge in [-0.15, -0.1) is 0 Å². The molecular weight excluding hydrogens is 845 g/mol. The SMILES string of the molecule is C=C1/C=C(c2ccc3nc(C4CCCN4C(=O)[C@@H](NC(=O)OC)C(C)C)[nH]c3c2)\C(=C/C)CCc2ccc(c(-c3ccc4nc(C5CCCN5C(=O)[C@@H](NC(=O)OC)C(C)C)[nH]c4c3)c2)CC1. The van der Waals surface area contributed by atoms with E-state index in [4.69, 9.17) is 19.4 Å². The average molecular weight is 909 g/mol. The van der Waals surface area contributed by atoms with Crippen LogP contribution < -0.4 is 10.6 Å². The molecule has 2 aliphatic carbocycles. The van der Waals surface area contributed by atoms with E-state index in [0.29, 0.717) is 13.1 Å². The topological polar surface area (TPSA) is 175 Å². The molecule has 0 spiro atoms. The summed E-state index contributed by atoms with van der Waals surface area (Å²) >= 11 is 0. The Bertz CT molecular complexity index is 2760. The molecule has 0 saturated carbocycles. The summed E-state index contributed by atoms with van der Waals surface area (Å²) < 4.78 is 9.64. The minimum atomic E-state index is -0.702. The second-order valence-corrected chi connectivity index (χ2v) is 18.8. The quantitative estimate of drug-likeness (QED) is 0.107. The number of amides is 4. The fourth-order valence-corrected chi connectivity index (χ4v) is 10.0. The lowest BCUT2D eigenvalue weighted by Gasteiger charge is -2.29. The van der Waals surface area contributed by atoms with Crippen LogP contribution in [0.3, 0.4) is 0 Å². The minimum absolute atomic E-state index is 0.114. The van der Waals surface area contributed by atoms with E-state index in [0.717, 1.165) is 107 Å². The smallest absolute Gasteiger partial charge is 0.407 e. The van der Waals surface area contributed by atoms with Gasteiger partial charge in [0, 0.05) is 13.1 Å². The molecule has 2 aromatic heterocycles. The number of H-pyrrole nitrogens is 2. The number of hydrogen-bond acceptors (Lipinski definition) is 8. The number of rotatable bonds is 10. The molecule has 2 aliphatic heterocycles. The highest BCUT2D eigenvalue weighted by Gasteiger charge is 2.39. The highest BCUT2D eigenvalue weighted by atomic mass is 16.5. The lowest BCUT2D eigenvalue weighted by Crippen LogP contribution is -2.51. The number of nitrogens with one attached hydrogen (secondary N) is 4. The van der Waals surface area contributed by atoms with Crippen LogP contribution in [0.5, 0.6) is 0 Å². The van der Waals surface area contributed by atoms with Gasteiger partial charge in [-0.05, 0) is 133 Å². The van der Waals surface area contributed by atoms with Gasteiger partial charge < -0.3 is 39.9 Å². The number of methoxy groups -OCH3 is 2. The van der Waals surface area contributed by atoms with Crippen LogP contribution in [0.15, 0.2) is 84.5 Å². The molecule has 4 aliphatic rings. The second-order valence-electron chi connectivity index (χ2n) is 18.8. The maximum atomic E-state index is 13.8. The van der Waals surface area contributed by atoms with Gasteiger partial charge in [0.25, 0.3) is 0 Å². The van der Waals surface area contributed by atoms with E-state index in [1.807, 2.05) is 37.5 Å². The normalized spacial score (nSPS) is 20.2. The number of imidazole rings is 2. The summed E-state index contributed by atoms with van der Waals surface area (Å²) in [6.07, 6.45) is 9.68. The van der Waals surface area contributed by atoms with Crippen molar-refractivity contribution in [2.24, 2.45) is 11.8 Å². The predicted octanol–water partition coefficient (Wildman–Crippen LogP) is 9.66. The van der Waals surface area contributed by atoms with E-state index in [1.54, 1.807) is 0 Å². The highest BCUT2D eigenvalue weighted by Crippen LogP contribution is 2.38. The number of aromatic amines is 2. The number of aryl methyl sites for hydroxylation is 2. The van der Waals surface area contributed by atoms with Gasteiger partial charge in [0.1, 0.15) is 23.7 Å². The first-order valence-electron chi connectivity index (χ1n) is 23.7. The van der Waals surface area contributed by atoms with Crippen LogP contribution in [0.1, 0.15) is 114 Å². The van der Waals surface area contributed by atoms with Crippen molar-refractivity contribution in [2.75, 3.05) is 27.3 Å². The highest BCUT2D eigenvalue weighted by molar-refractivity contribution is 5.89. The lowest BCUT2D eigenvalue weighted by molar-refractivity contribution is -0.136. The molecule has 0 radical (unpaired) electrons. The molecule has 9 rings (SSSR count). The molecule has 67 heavy (non-hydrogen) atoms.